The minimum atomic E-state index is -1.09. The predicted molar refractivity (Wildman–Crippen MR) is 98.2 cm³/mol. The minimum Gasteiger partial charge on any atom is -0.480 e. The molecule has 9 heteroatoms. The van der Waals surface area contributed by atoms with Crippen LogP contribution in [0.2, 0.25) is 0 Å². The first-order valence-corrected chi connectivity index (χ1v) is 9.81. The van der Waals surface area contributed by atoms with Crippen molar-refractivity contribution in [2.24, 2.45) is 0 Å². The van der Waals surface area contributed by atoms with Gasteiger partial charge in [0.25, 0.3) is 0 Å². The van der Waals surface area contributed by atoms with Crippen LogP contribution < -0.4 is 5.32 Å². The number of carboxylic acids is 1. The van der Waals surface area contributed by atoms with Crippen LogP contribution in [0.5, 0.6) is 0 Å². The number of carbonyl (C=O) groups excluding carboxylic acids is 2. The van der Waals surface area contributed by atoms with Gasteiger partial charge in [-0.2, -0.15) is 5.26 Å². The van der Waals surface area contributed by atoms with Crippen LogP contribution in [0.4, 0.5) is 0 Å². The van der Waals surface area contributed by atoms with E-state index < -0.39 is 28.2 Å². The second-order valence-corrected chi connectivity index (χ2v) is 8.81. The van der Waals surface area contributed by atoms with Gasteiger partial charge in [-0.1, -0.05) is 30.3 Å². The number of nitrogens with zero attached hydrogens (tertiary/aromatic N) is 2. The lowest BCUT2D eigenvalue weighted by molar-refractivity contribution is -0.161. The van der Waals surface area contributed by atoms with Gasteiger partial charge in [0.2, 0.25) is 11.8 Å². The Morgan fingerprint density at radius 2 is 2.12 bits per heavy atom. The molecule has 2 fully saturated rings. The molecule has 4 atom stereocenters. The zero-order valence-electron chi connectivity index (χ0n) is 13.9. The molecule has 0 aromatic heterocycles. The lowest BCUT2D eigenvalue weighted by atomic mass is 9.95. The summed E-state index contributed by atoms with van der Waals surface area (Å²) in [5.74, 6) is -1.47. The largest absolute Gasteiger partial charge is 0.480 e. The van der Waals surface area contributed by atoms with E-state index in [1.807, 2.05) is 35.7 Å². The molecule has 3 unspecified atom stereocenters. The van der Waals surface area contributed by atoms with E-state index in [0.717, 1.165) is 17.3 Å². The van der Waals surface area contributed by atoms with Crippen LogP contribution >= 0.6 is 23.5 Å². The first-order chi connectivity index (χ1) is 12.4. The summed E-state index contributed by atoms with van der Waals surface area (Å²) >= 11 is 2.31. The zero-order chi connectivity index (χ0) is 18.9. The Kier molecular flexibility index (Phi) is 5.16. The van der Waals surface area contributed by atoms with Gasteiger partial charge < -0.3 is 15.3 Å². The number of amides is 2. The quantitative estimate of drug-likeness (QED) is 0.551. The topological polar surface area (TPSA) is 111 Å². The van der Waals surface area contributed by atoms with Gasteiger partial charge in [0.15, 0.2) is 0 Å². The summed E-state index contributed by atoms with van der Waals surface area (Å²) in [6, 6.07) is 7.45. The molecule has 136 valence electrons. The summed E-state index contributed by atoms with van der Waals surface area (Å²) in [6.45, 7) is 1.75. The Hall–Kier alpha value is -2.18. The monoisotopic (exact) mass is 391 g/mol. The first-order valence-electron chi connectivity index (χ1n) is 7.94. The van der Waals surface area contributed by atoms with Gasteiger partial charge in [-0.15, -0.1) is 11.8 Å². The van der Waals surface area contributed by atoms with Crippen molar-refractivity contribution in [3.05, 3.63) is 35.9 Å². The molecular weight excluding hydrogens is 374 g/mol. The number of hydrogen-bond acceptors (Lipinski definition) is 6. The molecule has 2 amide bonds. The van der Waals surface area contributed by atoms with Gasteiger partial charge in [0.05, 0.1) is 11.2 Å². The van der Waals surface area contributed by atoms with Crippen molar-refractivity contribution in [2.45, 2.75) is 35.5 Å². The fraction of sp³-hybridized carbons (Fsp3) is 0.412. The van der Waals surface area contributed by atoms with Gasteiger partial charge in [-0.05, 0) is 24.2 Å². The Bertz CT molecular complexity index is 782. The van der Waals surface area contributed by atoms with Crippen molar-refractivity contribution >= 4 is 41.3 Å². The standard InChI is InChI=1S/C17H17N3O4S2/c1-17(8-25-9-18)13(16(23)24)20-14(22)12(15(20)26-17)19-11(21)7-10-5-3-2-4-6-10/h2-6,12-13,15H,7-8H2,1H3,(H,19,21)(H,23,24)/t12?,13-,15?,17?/m0/s1. The summed E-state index contributed by atoms with van der Waals surface area (Å²) in [6.07, 6.45) is 0.159. The fourth-order valence-electron chi connectivity index (χ4n) is 3.33. The third kappa shape index (κ3) is 3.27. The molecule has 2 aliphatic rings. The van der Waals surface area contributed by atoms with Gasteiger partial charge >= 0.3 is 5.97 Å². The molecule has 1 aromatic carbocycles. The number of nitriles is 1. The van der Waals surface area contributed by atoms with Crippen molar-refractivity contribution in [3.8, 4) is 5.40 Å². The summed E-state index contributed by atoms with van der Waals surface area (Å²) in [5, 5.41) is 22.6. The molecule has 2 aliphatic heterocycles. The van der Waals surface area contributed by atoms with E-state index in [1.165, 1.54) is 16.7 Å². The minimum absolute atomic E-state index is 0.159. The van der Waals surface area contributed by atoms with Crippen molar-refractivity contribution in [1.29, 1.82) is 5.26 Å². The van der Waals surface area contributed by atoms with Crippen molar-refractivity contribution in [2.75, 3.05) is 5.75 Å². The number of hydrogen-bond donors (Lipinski definition) is 2. The molecule has 2 saturated heterocycles. The maximum Gasteiger partial charge on any atom is 0.327 e. The van der Waals surface area contributed by atoms with E-state index in [0.29, 0.717) is 0 Å². The molecular formula is C17H17N3O4S2. The van der Waals surface area contributed by atoms with Crippen LogP contribution in [0.25, 0.3) is 0 Å². The molecule has 26 heavy (non-hydrogen) atoms. The van der Waals surface area contributed by atoms with E-state index in [-0.39, 0.29) is 24.0 Å². The highest BCUT2D eigenvalue weighted by Gasteiger charge is 2.65. The van der Waals surface area contributed by atoms with Crippen LogP contribution in [0, 0.1) is 10.7 Å². The highest BCUT2D eigenvalue weighted by Crippen LogP contribution is 2.52. The molecule has 7 nitrogen and oxygen atoms in total. The van der Waals surface area contributed by atoms with E-state index in [9.17, 15) is 19.5 Å². The lowest BCUT2D eigenvalue weighted by Crippen LogP contribution is -2.70. The number of thiocyanates is 1. The van der Waals surface area contributed by atoms with E-state index in [2.05, 4.69) is 5.32 Å². The molecule has 2 heterocycles. The summed E-state index contributed by atoms with van der Waals surface area (Å²) in [7, 11) is 0. The molecule has 3 rings (SSSR count). The van der Waals surface area contributed by atoms with E-state index >= 15 is 0 Å². The Labute approximate surface area is 159 Å². The smallest absolute Gasteiger partial charge is 0.327 e. The first kappa shape index (κ1) is 18.6. The highest BCUT2D eigenvalue weighted by atomic mass is 32.2. The van der Waals surface area contributed by atoms with Crippen molar-refractivity contribution in [1.82, 2.24) is 10.2 Å². The van der Waals surface area contributed by atoms with Gasteiger partial charge in [-0.25, -0.2) is 4.79 Å². The molecule has 0 bridgehead atoms. The van der Waals surface area contributed by atoms with Crippen molar-refractivity contribution < 1.29 is 19.5 Å². The number of rotatable bonds is 6. The SMILES string of the molecule is CC1(CSC#N)SC2C(NC(=O)Cc3ccccc3)C(=O)N2[C@H]1C(=O)O. The third-order valence-corrected chi connectivity index (χ3v) is 7.21. The third-order valence-electron chi connectivity index (χ3n) is 4.51. The zero-order valence-corrected chi connectivity index (χ0v) is 15.5. The normalized spacial score (nSPS) is 29.5. The van der Waals surface area contributed by atoms with Gasteiger partial charge in [0, 0.05) is 5.75 Å². The highest BCUT2D eigenvalue weighted by molar-refractivity contribution is 8.06. The number of carboxylic acid groups (broad SMARTS) is 1. The van der Waals surface area contributed by atoms with Crippen LogP contribution in [-0.4, -0.2) is 55.7 Å². The summed E-state index contributed by atoms with van der Waals surface area (Å²) in [5.41, 5.74) is 0.839. The number of aliphatic carboxylic acids is 1. The Morgan fingerprint density at radius 3 is 2.73 bits per heavy atom. The maximum absolute atomic E-state index is 12.5. The number of carbonyl (C=O) groups is 3. The Morgan fingerprint density at radius 1 is 1.42 bits per heavy atom. The van der Waals surface area contributed by atoms with Gasteiger partial charge in [0.1, 0.15) is 22.9 Å². The number of thioether (sulfide) groups is 2. The maximum atomic E-state index is 12.5. The van der Waals surface area contributed by atoms with Gasteiger partial charge in [-0.3, -0.25) is 9.59 Å². The van der Waals surface area contributed by atoms with Crippen LogP contribution in [0.3, 0.4) is 0 Å². The second kappa shape index (κ2) is 7.21. The number of fused-ring (bicyclic) bond motifs is 1. The van der Waals surface area contributed by atoms with Crippen LogP contribution in [0.1, 0.15) is 12.5 Å². The average molecular weight is 391 g/mol. The molecule has 0 saturated carbocycles. The molecule has 0 radical (unpaired) electrons. The molecule has 0 aliphatic carbocycles. The molecule has 0 spiro atoms. The molecule has 1 aromatic rings. The second-order valence-electron chi connectivity index (χ2n) is 6.39. The lowest BCUT2D eigenvalue weighted by Gasteiger charge is -2.43. The number of benzene rings is 1. The number of nitrogens with one attached hydrogen (secondary N) is 1. The average Bonchev–Trinajstić information content (AvgIpc) is 2.89. The van der Waals surface area contributed by atoms with E-state index in [1.54, 1.807) is 6.92 Å². The van der Waals surface area contributed by atoms with Crippen LogP contribution in [0.15, 0.2) is 30.3 Å². The molecule has 2 N–H and O–H groups in total. The number of β-lactam (4-membered cyclic amide) rings is 1. The summed E-state index contributed by atoms with van der Waals surface area (Å²) in [4.78, 5) is 37.7. The predicted octanol–water partition coefficient (Wildman–Crippen LogP) is 1.06. The van der Waals surface area contributed by atoms with Crippen LogP contribution in [-0.2, 0) is 20.8 Å². The van der Waals surface area contributed by atoms with E-state index in [4.69, 9.17) is 5.26 Å². The fourth-order valence-corrected chi connectivity index (χ4v) is 5.84. The van der Waals surface area contributed by atoms with Crippen molar-refractivity contribution in [3.63, 3.8) is 0 Å². The summed E-state index contributed by atoms with van der Waals surface area (Å²) < 4.78 is -0.786. The Balaban J connectivity index is 1.70.